The van der Waals surface area contributed by atoms with Crippen LogP contribution in [0.5, 0.6) is 0 Å². The molecule has 0 unspecified atom stereocenters. The van der Waals surface area contributed by atoms with Gasteiger partial charge in [-0.2, -0.15) is 9.67 Å². The zero-order valence-electron chi connectivity index (χ0n) is 10.6. The van der Waals surface area contributed by atoms with Crippen LogP contribution in [0.25, 0.3) is 5.69 Å². The van der Waals surface area contributed by atoms with Crippen molar-refractivity contribution in [3.05, 3.63) is 28.7 Å². The second kappa shape index (κ2) is 4.61. The van der Waals surface area contributed by atoms with E-state index in [1.165, 1.54) is 0 Å². The Hall–Kier alpha value is -1.56. The number of hydrogen-bond acceptors (Lipinski definition) is 4. The van der Waals surface area contributed by atoms with Crippen LogP contribution in [0.3, 0.4) is 0 Å². The molecule has 2 rings (SSSR count). The van der Waals surface area contributed by atoms with E-state index in [2.05, 4.69) is 31.3 Å². The van der Waals surface area contributed by atoms with Crippen molar-refractivity contribution >= 4 is 27.8 Å². The first-order valence-electron chi connectivity index (χ1n) is 5.62. The van der Waals surface area contributed by atoms with E-state index in [0.717, 1.165) is 10.2 Å². The molecule has 0 aliphatic carbocycles. The van der Waals surface area contributed by atoms with Crippen LogP contribution < -0.4 is 11.1 Å². The van der Waals surface area contributed by atoms with E-state index in [0.29, 0.717) is 11.9 Å². The maximum Gasteiger partial charge on any atom is 0.244 e. The van der Waals surface area contributed by atoms with E-state index < -0.39 is 0 Å². The second-order valence-corrected chi connectivity index (χ2v) is 5.98. The molecule has 1 heterocycles. The van der Waals surface area contributed by atoms with Crippen LogP contribution in [0.4, 0.5) is 11.9 Å². The predicted molar refractivity (Wildman–Crippen MR) is 76.8 cm³/mol. The third-order valence-electron chi connectivity index (χ3n) is 2.17. The molecule has 18 heavy (non-hydrogen) atoms. The summed E-state index contributed by atoms with van der Waals surface area (Å²) in [6.45, 7) is 6.13. The highest BCUT2D eigenvalue weighted by molar-refractivity contribution is 9.10. The quantitative estimate of drug-likeness (QED) is 0.895. The third kappa shape index (κ3) is 3.01. The molecular weight excluding hydrogens is 294 g/mol. The number of nitrogens with zero attached hydrogens (tertiary/aromatic N) is 3. The van der Waals surface area contributed by atoms with E-state index >= 15 is 0 Å². The summed E-state index contributed by atoms with van der Waals surface area (Å²) in [6.07, 6.45) is 0. The highest BCUT2D eigenvalue weighted by Crippen LogP contribution is 2.19. The minimum Gasteiger partial charge on any atom is -0.368 e. The van der Waals surface area contributed by atoms with Crippen molar-refractivity contribution in [2.75, 3.05) is 11.1 Å². The molecule has 0 aliphatic heterocycles. The SMILES string of the molecule is CC(C)(C)Nc1nc(N)n(-c2cccc(Br)c2)n1. The van der Waals surface area contributed by atoms with Crippen LogP contribution in [-0.4, -0.2) is 20.3 Å². The fraction of sp³-hybridized carbons (Fsp3) is 0.333. The first kappa shape index (κ1) is 12.9. The van der Waals surface area contributed by atoms with Crippen LogP contribution in [0, 0.1) is 0 Å². The molecule has 0 atom stereocenters. The van der Waals surface area contributed by atoms with Crippen LogP contribution in [0.1, 0.15) is 20.8 Å². The van der Waals surface area contributed by atoms with Gasteiger partial charge in [0.15, 0.2) is 0 Å². The maximum absolute atomic E-state index is 5.88. The zero-order valence-corrected chi connectivity index (χ0v) is 12.2. The Morgan fingerprint density at radius 1 is 1.33 bits per heavy atom. The van der Waals surface area contributed by atoms with Gasteiger partial charge in [-0.25, -0.2) is 0 Å². The summed E-state index contributed by atoms with van der Waals surface area (Å²) >= 11 is 3.42. The molecule has 0 amide bonds. The summed E-state index contributed by atoms with van der Waals surface area (Å²) in [5, 5.41) is 7.55. The van der Waals surface area contributed by atoms with Crippen molar-refractivity contribution in [2.24, 2.45) is 0 Å². The number of nitrogens with two attached hydrogens (primary N) is 1. The number of anilines is 2. The molecule has 2 aromatic rings. The summed E-state index contributed by atoms with van der Waals surface area (Å²) in [5.74, 6) is 0.889. The van der Waals surface area contributed by atoms with Gasteiger partial charge < -0.3 is 11.1 Å². The maximum atomic E-state index is 5.88. The monoisotopic (exact) mass is 309 g/mol. The fourth-order valence-electron chi connectivity index (χ4n) is 1.51. The van der Waals surface area contributed by atoms with Crippen molar-refractivity contribution in [3.8, 4) is 5.69 Å². The summed E-state index contributed by atoms with van der Waals surface area (Å²) < 4.78 is 2.58. The summed E-state index contributed by atoms with van der Waals surface area (Å²) in [7, 11) is 0. The highest BCUT2D eigenvalue weighted by Gasteiger charge is 2.15. The van der Waals surface area contributed by atoms with Gasteiger partial charge in [0.2, 0.25) is 11.9 Å². The predicted octanol–water partition coefficient (Wildman–Crippen LogP) is 2.82. The van der Waals surface area contributed by atoms with Gasteiger partial charge in [0.05, 0.1) is 5.69 Å². The van der Waals surface area contributed by atoms with Gasteiger partial charge in [-0.1, -0.05) is 22.0 Å². The Morgan fingerprint density at radius 2 is 2.06 bits per heavy atom. The fourth-order valence-corrected chi connectivity index (χ4v) is 1.90. The van der Waals surface area contributed by atoms with Gasteiger partial charge in [-0.3, -0.25) is 0 Å². The molecule has 0 bridgehead atoms. The third-order valence-corrected chi connectivity index (χ3v) is 2.67. The molecular formula is C12H16BrN5. The largest absolute Gasteiger partial charge is 0.368 e. The van der Waals surface area contributed by atoms with Gasteiger partial charge in [0.1, 0.15) is 0 Å². The number of nitrogens with one attached hydrogen (secondary N) is 1. The molecule has 3 N–H and O–H groups in total. The lowest BCUT2D eigenvalue weighted by molar-refractivity contribution is 0.625. The Labute approximate surface area is 115 Å². The normalized spacial score (nSPS) is 11.6. The Bertz CT molecular complexity index is 556. The summed E-state index contributed by atoms with van der Waals surface area (Å²) in [5.41, 5.74) is 6.65. The van der Waals surface area contributed by atoms with Crippen LogP contribution in [0.15, 0.2) is 28.7 Å². The minimum atomic E-state index is -0.101. The number of benzene rings is 1. The molecule has 0 radical (unpaired) electrons. The molecule has 0 aliphatic rings. The highest BCUT2D eigenvalue weighted by atomic mass is 79.9. The van der Waals surface area contributed by atoms with E-state index in [9.17, 15) is 0 Å². The van der Waals surface area contributed by atoms with E-state index in [4.69, 9.17) is 5.73 Å². The molecule has 96 valence electrons. The van der Waals surface area contributed by atoms with Gasteiger partial charge in [-0.05, 0) is 39.0 Å². The van der Waals surface area contributed by atoms with Gasteiger partial charge >= 0.3 is 0 Å². The lowest BCUT2D eigenvalue weighted by atomic mass is 10.1. The Kier molecular flexibility index (Phi) is 3.30. The van der Waals surface area contributed by atoms with Crippen molar-refractivity contribution in [1.82, 2.24) is 14.8 Å². The van der Waals surface area contributed by atoms with E-state index in [1.54, 1.807) is 4.68 Å². The zero-order chi connectivity index (χ0) is 13.3. The smallest absolute Gasteiger partial charge is 0.244 e. The van der Waals surface area contributed by atoms with Crippen molar-refractivity contribution in [3.63, 3.8) is 0 Å². The second-order valence-electron chi connectivity index (χ2n) is 5.06. The Balaban J connectivity index is 2.35. The van der Waals surface area contributed by atoms with Crippen molar-refractivity contribution in [1.29, 1.82) is 0 Å². The van der Waals surface area contributed by atoms with Crippen molar-refractivity contribution in [2.45, 2.75) is 26.3 Å². The van der Waals surface area contributed by atoms with Gasteiger partial charge in [0, 0.05) is 10.0 Å². The lowest BCUT2D eigenvalue weighted by Crippen LogP contribution is -2.26. The van der Waals surface area contributed by atoms with Crippen LogP contribution >= 0.6 is 15.9 Å². The number of rotatable bonds is 2. The van der Waals surface area contributed by atoms with E-state index in [-0.39, 0.29) is 5.54 Å². The molecule has 0 fully saturated rings. The first-order chi connectivity index (χ1) is 8.35. The molecule has 5 nitrogen and oxygen atoms in total. The van der Waals surface area contributed by atoms with E-state index in [1.807, 2.05) is 45.0 Å². The molecule has 0 spiro atoms. The number of nitrogen functional groups attached to an aromatic ring is 1. The number of halogens is 1. The molecule has 1 aromatic heterocycles. The average Bonchev–Trinajstić information content (AvgIpc) is 2.56. The number of aromatic nitrogens is 3. The standard InChI is InChI=1S/C12H16BrN5/c1-12(2,3)16-11-15-10(14)18(17-11)9-6-4-5-8(13)7-9/h4-7H,1-3H3,(H3,14,15,16,17). The summed E-state index contributed by atoms with van der Waals surface area (Å²) in [6, 6.07) is 7.74. The van der Waals surface area contributed by atoms with Crippen LogP contribution in [-0.2, 0) is 0 Å². The molecule has 1 aromatic carbocycles. The molecule has 0 saturated carbocycles. The number of hydrogen-bond donors (Lipinski definition) is 2. The van der Waals surface area contributed by atoms with Gasteiger partial charge in [0.25, 0.3) is 0 Å². The van der Waals surface area contributed by atoms with Crippen molar-refractivity contribution < 1.29 is 0 Å². The minimum absolute atomic E-state index is 0.101. The first-order valence-corrected chi connectivity index (χ1v) is 6.41. The van der Waals surface area contributed by atoms with Gasteiger partial charge in [-0.15, -0.1) is 5.10 Å². The average molecular weight is 310 g/mol. The summed E-state index contributed by atoms with van der Waals surface area (Å²) in [4.78, 5) is 4.21. The van der Waals surface area contributed by atoms with Crippen LogP contribution in [0.2, 0.25) is 0 Å². The molecule has 6 heteroatoms. The Morgan fingerprint density at radius 3 is 2.67 bits per heavy atom. The lowest BCUT2D eigenvalue weighted by Gasteiger charge is -2.18. The molecule has 0 saturated heterocycles. The topological polar surface area (TPSA) is 68.8 Å².